The molecule has 0 aliphatic carbocycles. The molecule has 0 aromatic carbocycles. The largest absolute Gasteiger partial charge is 0.345 e. The molecule has 1 aromatic rings. The van der Waals surface area contributed by atoms with Crippen LogP contribution in [0.15, 0.2) is 10.9 Å². The van der Waals surface area contributed by atoms with Gasteiger partial charge in [0.1, 0.15) is 0 Å². The highest BCUT2D eigenvalue weighted by molar-refractivity contribution is 5.15. The summed E-state index contributed by atoms with van der Waals surface area (Å²) in [7, 11) is 0. The smallest absolute Gasteiger partial charge is 0.321 e. The Hall–Kier alpha value is -1.16. The Kier molecular flexibility index (Phi) is 2.52. The van der Waals surface area contributed by atoms with Crippen molar-refractivity contribution in [1.29, 1.82) is 0 Å². The molecule has 4 nitrogen and oxygen atoms in total. The summed E-state index contributed by atoms with van der Waals surface area (Å²) < 4.78 is 0. The summed E-state index contributed by atoms with van der Waals surface area (Å²) in [5, 5.41) is 0. The molecule has 0 aliphatic heterocycles. The van der Waals surface area contributed by atoms with Gasteiger partial charge in [-0.1, -0.05) is 6.92 Å². The van der Waals surface area contributed by atoms with Crippen LogP contribution < -0.4 is 11.4 Å². The molecule has 0 atom stereocenters. The maximum Gasteiger partial charge on any atom is 0.345 e. The molecule has 1 aromatic heterocycles. The van der Waals surface area contributed by atoms with Crippen LogP contribution >= 0.6 is 0 Å². The van der Waals surface area contributed by atoms with E-state index in [1.165, 1.54) is 0 Å². The fraction of sp³-hybridized carbons (Fsp3) is 0.556. The summed E-state index contributed by atoms with van der Waals surface area (Å²) in [5.74, 6) is 0. The predicted molar refractivity (Wildman–Crippen MR) is 51.4 cm³/mol. The third kappa shape index (κ3) is 2.39. The van der Waals surface area contributed by atoms with Gasteiger partial charge in [-0.05, 0) is 26.3 Å². The Bertz CT molecular complexity index is 349. The molecule has 0 radical (unpaired) electrons. The normalized spacial score (nSPS) is 11.7. The first-order valence-corrected chi connectivity index (χ1v) is 4.33. The van der Waals surface area contributed by atoms with Gasteiger partial charge in [-0.25, -0.2) is 4.79 Å². The highest BCUT2D eigenvalue weighted by atomic mass is 16.1. The second-order valence-corrected chi connectivity index (χ2v) is 3.67. The van der Waals surface area contributed by atoms with E-state index in [1.54, 1.807) is 0 Å². The van der Waals surface area contributed by atoms with Crippen molar-refractivity contribution in [1.82, 2.24) is 9.97 Å². The van der Waals surface area contributed by atoms with E-state index in [1.807, 2.05) is 26.8 Å². The lowest BCUT2D eigenvalue weighted by atomic mass is 10.0. The first-order chi connectivity index (χ1) is 5.93. The average Bonchev–Trinajstić information content (AvgIpc) is 2.01. The van der Waals surface area contributed by atoms with E-state index in [0.29, 0.717) is 5.69 Å². The van der Waals surface area contributed by atoms with Crippen molar-refractivity contribution < 1.29 is 0 Å². The molecule has 0 spiro atoms. The summed E-state index contributed by atoms with van der Waals surface area (Å²) >= 11 is 0. The molecule has 1 heterocycles. The van der Waals surface area contributed by atoms with E-state index in [9.17, 15) is 4.79 Å². The minimum Gasteiger partial charge on any atom is -0.321 e. The van der Waals surface area contributed by atoms with Gasteiger partial charge in [0.25, 0.3) is 0 Å². The zero-order valence-electron chi connectivity index (χ0n) is 8.22. The van der Waals surface area contributed by atoms with Crippen LogP contribution in [0.2, 0.25) is 0 Å². The Labute approximate surface area is 77.2 Å². The summed E-state index contributed by atoms with van der Waals surface area (Å²) in [6, 6.07) is 1.83. The zero-order valence-corrected chi connectivity index (χ0v) is 8.22. The lowest BCUT2D eigenvalue weighted by Crippen LogP contribution is -2.33. The van der Waals surface area contributed by atoms with Crippen LogP contribution in [0.4, 0.5) is 0 Å². The van der Waals surface area contributed by atoms with Gasteiger partial charge in [0.15, 0.2) is 0 Å². The molecule has 0 aliphatic rings. The average molecular weight is 181 g/mol. The number of hydrogen-bond acceptors (Lipinski definition) is 3. The van der Waals surface area contributed by atoms with E-state index in [2.05, 4.69) is 9.97 Å². The van der Waals surface area contributed by atoms with Crippen LogP contribution in [0.5, 0.6) is 0 Å². The number of aromatic amines is 1. The maximum atomic E-state index is 11.1. The standard InChI is InChI=1S/C9H15N3O/c1-4-6-5-7(9(2,3)10)12-8(13)11-6/h5H,4,10H2,1-3H3,(H,11,12,13). The number of rotatable bonds is 2. The number of hydrogen-bond donors (Lipinski definition) is 2. The fourth-order valence-electron chi connectivity index (χ4n) is 1.03. The van der Waals surface area contributed by atoms with Gasteiger partial charge < -0.3 is 10.7 Å². The number of nitrogens with zero attached hydrogens (tertiary/aromatic N) is 1. The molecule has 4 heteroatoms. The maximum absolute atomic E-state index is 11.1. The van der Waals surface area contributed by atoms with Gasteiger partial charge in [0, 0.05) is 5.69 Å². The third-order valence-corrected chi connectivity index (χ3v) is 1.84. The molecule has 3 N–H and O–H groups in total. The van der Waals surface area contributed by atoms with E-state index in [4.69, 9.17) is 5.73 Å². The second kappa shape index (κ2) is 3.30. The van der Waals surface area contributed by atoms with Crippen molar-refractivity contribution >= 4 is 0 Å². The third-order valence-electron chi connectivity index (χ3n) is 1.84. The number of nitrogens with two attached hydrogens (primary N) is 1. The van der Waals surface area contributed by atoms with Crippen LogP contribution in [0.1, 0.15) is 32.2 Å². The Morgan fingerprint density at radius 3 is 2.69 bits per heavy atom. The Morgan fingerprint density at radius 2 is 2.23 bits per heavy atom. The molecule has 0 saturated heterocycles. The molecule has 0 saturated carbocycles. The molecule has 0 bridgehead atoms. The Balaban J connectivity index is 3.24. The minimum atomic E-state index is -0.557. The number of H-pyrrole nitrogens is 1. The van der Waals surface area contributed by atoms with Gasteiger partial charge in [-0.15, -0.1) is 0 Å². The van der Waals surface area contributed by atoms with Gasteiger partial charge in [0.2, 0.25) is 0 Å². The summed E-state index contributed by atoms with van der Waals surface area (Å²) in [6.45, 7) is 5.63. The molecule has 72 valence electrons. The van der Waals surface area contributed by atoms with Crippen LogP contribution in [-0.4, -0.2) is 9.97 Å². The molecule has 1 rings (SSSR count). The van der Waals surface area contributed by atoms with Gasteiger partial charge >= 0.3 is 5.69 Å². The monoisotopic (exact) mass is 181 g/mol. The van der Waals surface area contributed by atoms with Crippen molar-refractivity contribution in [2.24, 2.45) is 5.73 Å². The van der Waals surface area contributed by atoms with E-state index >= 15 is 0 Å². The topological polar surface area (TPSA) is 71.8 Å². The van der Waals surface area contributed by atoms with E-state index in [0.717, 1.165) is 12.1 Å². The summed E-state index contributed by atoms with van der Waals surface area (Å²) in [4.78, 5) is 17.6. The fourth-order valence-corrected chi connectivity index (χ4v) is 1.03. The molecule has 0 amide bonds. The first-order valence-electron chi connectivity index (χ1n) is 4.33. The van der Waals surface area contributed by atoms with E-state index < -0.39 is 5.54 Å². The SMILES string of the molecule is CCc1cc(C(C)(C)N)nc(=O)[nH]1. The van der Waals surface area contributed by atoms with Crippen LogP contribution in [0, 0.1) is 0 Å². The summed E-state index contributed by atoms with van der Waals surface area (Å²) in [5.41, 5.74) is 6.45. The lowest BCUT2D eigenvalue weighted by Gasteiger charge is -2.17. The van der Waals surface area contributed by atoms with Crippen molar-refractivity contribution in [2.45, 2.75) is 32.7 Å². The lowest BCUT2D eigenvalue weighted by molar-refractivity contribution is 0.529. The molecule has 13 heavy (non-hydrogen) atoms. The summed E-state index contributed by atoms with van der Waals surface area (Å²) in [6.07, 6.45) is 0.779. The van der Waals surface area contributed by atoms with Crippen molar-refractivity contribution in [3.05, 3.63) is 27.9 Å². The van der Waals surface area contributed by atoms with Crippen LogP contribution in [0.3, 0.4) is 0 Å². The molecular formula is C9H15N3O. The quantitative estimate of drug-likeness (QED) is 0.699. The Morgan fingerprint density at radius 1 is 1.62 bits per heavy atom. The molecular weight excluding hydrogens is 166 g/mol. The first kappa shape index (κ1) is 9.92. The molecule has 0 unspecified atom stereocenters. The number of nitrogens with one attached hydrogen (secondary N) is 1. The van der Waals surface area contributed by atoms with E-state index in [-0.39, 0.29) is 5.69 Å². The zero-order chi connectivity index (χ0) is 10.1. The highest BCUT2D eigenvalue weighted by Crippen LogP contribution is 2.12. The highest BCUT2D eigenvalue weighted by Gasteiger charge is 2.16. The van der Waals surface area contributed by atoms with Gasteiger partial charge in [-0.3, -0.25) is 0 Å². The van der Waals surface area contributed by atoms with Crippen molar-refractivity contribution in [3.8, 4) is 0 Å². The second-order valence-electron chi connectivity index (χ2n) is 3.67. The van der Waals surface area contributed by atoms with Crippen LogP contribution in [0.25, 0.3) is 0 Å². The van der Waals surface area contributed by atoms with Crippen molar-refractivity contribution in [3.63, 3.8) is 0 Å². The van der Waals surface area contributed by atoms with Gasteiger partial charge in [0.05, 0.1) is 11.2 Å². The van der Waals surface area contributed by atoms with Crippen LogP contribution in [-0.2, 0) is 12.0 Å². The predicted octanol–water partition coefficient (Wildman–Crippen LogP) is 0.526. The van der Waals surface area contributed by atoms with Crippen molar-refractivity contribution in [2.75, 3.05) is 0 Å². The number of aryl methyl sites for hydroxylation is 1. The molecule has 0 fully saturated rings. The number of aromatic nitrogens is 2. The minimum absolute atomic E-state index is 0.326. The van der Waals surface area contributed by atoms with Gasteiger partial charge in [-0.2, -0.15) is 4.98 Å².